The zero-order chi connectivity index (χ0) is 29.1. The van der Waals surface area contributed by atoms with Gasteiger partial charge in [-0.1, -0.05) is 48.0 Å². The van der Waals surface area contributed by atoms with Gasteiger partial charge in [0.2, 0.25) is 0 Å². The van der Waals surface area contributed by atoms with Crippen LogP contribution in [0.25, 0.3) is 16.6 Å². The number of nitriles is 1. The summed E-state index contributed by atoms with van der Waals surface area (Å²) in [4.78, 5) is 18.3. The van der Waals surface area contributed by atoms with Crippen LogP contribution in [0.3, 0.4) is 0 Å². The first-order valence-electron chi connectivity index (χ1n) is 13.5. The molecule has 2 heterocycles. The molecule has 0 radical (unpaired) electrons. The fraction of sp³-hybridized carbons (Fsp3) is 0.212. The molecular weight excluding hydrogens is 578 g/mol. The highest BCUT2D eigenvalue weighted by Gasteiger charge is 2.16. The molecule has 0 amide bonds. The van der Waals surface area contributed by atoms with Gasteiger partial charge >= 0.3 is 0 Å². The van der Waals surface area contributed by atoms with Crippen LogP contribution in [0.1, 0.15) is 60.1 Å². The third kappa shape index (κ3) is 5.72. The van der Waals surface area contributed by atoms with Gasteiger partial charge in [-0.3, -0.25) is 4.79 Å². The van der Waals surface area contributed by atoms with Gasteiger partial charge in [0.1, 0.15) is 18.2 Å². The summed E-state index contributed by atoms with van der Waals surface area (Å²) in [5, 5.41) is 14.5. The van der Waals surface area contributed by atoms with Crippen molar-refractivity contribution < 1.29 is 4.74 Å². The Morgan fingerprint density at radius 2 is 1.85 bits per heavy atom. The molecule has 0 unspecified atom stereocenters. The third-order valence-corrected chi connectivity index (χ3v) is 7.79. The van der Waals surface area contributed by atoms with Crippen LogP contribution in [0.5, 0.6) is 5.75 Å². The standard InChI is InChI=1S/C33H30BrN5O2/c1-5-21(2)32-37-31-15-10-27(34)17-30(31)33(40)39(32)36-19-26-16-22(3)38(23(26)4)28-11-13-29(14-12-28)41-20-25-9-7-6-8-24(25)18-35/h6-17,19,21H,5,20H2,1-4H3/t21-/m0/s1. The van der Waals surface area contributed by atoms with Crippen molar-refractivity contribution in [2.75, 3.05) is 0 Å². The lowest BCUT2D eigenvalue weighted by atomic mass is 10.1. The Morgan fingerprint density at radius 3 is 2.59 bits per heavy atom. The number of halogens is 1. The highest BCUT2D eigenvalue weighted by Crippen LogP contribution is 2.24. The summed E-state index contributed by atoms with van der Waals surface area (Å²) < 4.78 is 10.3. The second kappa shape index (κ2) is 11.9. The van der Waals surface area contributed by atoms with Crippen molar-refractivity contribution >= 4 is 33.0 Å². The minimum atomic E-state index is -0.190. The van der Waals surface area contributed by atoms with Gasteiger partial charge in [-0.2, -0.15) is 15.0 Å². The molecule has 7 nitrogen and oxygen atoms in total. The maximum atomic E-state index is 13.5. The molecule has 0 bridgehead atoms. The number of aryl methyl sites for hydroxylation is 1. The number of fused-ring (bicyclic) bond motifs is 1. The van der Waals surface area contributed by atoms with Crippen LogP contribution in [0.2, 0.25) is 0 Å². The van der Waals surface area contributed by atoms with Gasteiger partial charge in [0, 0.05) is 38.6 Å². The number of ether oxygens (including phenoxy) is 1. The van der Waals surface area contributed by atoms with E-state index in [1.807, 2.05) is 68.4 Å². The van der Waals surface area contributed by atoms with E-state index < -0.39 is 0 Å². The van der Waals surface area contributed by atoms with Crippen molar-refractivity contribution in [1.29, 1.82) is 5.26 Å². The van der Waals surface area contributed by atoms with Gasteiger partial charge in [-0.05, 0) is 74.9 Å². The summed E-state index contributed by atoms with van der Waals surface area (Å²) >= 11 is 3.46. The van der Waals surface area contributed by atoms with Crippen molar-refractivity contribution in [2.24, 2.45) is 5.10 Å². The van der Waals surface area contributed by atoms with E-state index in [-0.39, 0.29) is 11.5 Å². The Hall–Kier alpha value is -4.48. The second-order valence-corrected chi connectivity index (χ2v) is 10.9. The Labute approximate surface area is 247 Å². The van der Waals surface area contributed by atoms with Gasteiger partial charge in [-0.15, -0.1) is 0 Å². The second-order valence-electron chi connectivity index (χ2n) is 10.0. The number of hydrogen-bond acceptors (Lipinski definition) is 5. The Balaban J connectivity index is 1.43. The van der Waals surface area contributed by atoms with Crippen LogP contribution in [-0.4, -0.2) is 20.4 Å². The third-order valence-electron chi connectivity index (χ3n) is 7.30. The van der Waals surface area contributed by atoms with Crippen LogP contribution in [0, 0.1) is 25.2 Å². The Kier molecular flexibility index (Phi) is 8.18. The zero-order valence-electron chi connectivity index (χ0n) is 23.4. The molecule has 41 heavy (non-hydrogen) atoms. The van der Waals surface area contributed by atoms with Gasteiger partial charge in [0.15, 0.2) is 0 Å². The van der Waals surface area contributed by atoms with E-state index >= 15 is 0 Å². The molecule has 3 aromatic carbocycles. The molecule has 0 saturated carbocycles. The van der Waals surface area contributed by atoms with E-state index in [9.17, 15) is 10.1 Å². The van der Waals surface area contributed by atoms with Crippen LogP contribution in [0.4, 0.5) is 0 Å². The average molecular weight is 609 g/mol. The molecule has 0 aliphatic rings. The summed E-state index contributed by atoms with van der Waals surface area (Å²) in [5.74, 6) is 1.43. The number of rotatable bonds is 8. The number of hydrogen-bond donors (Lipinski definition) is 0. The summed E-state index contributed by atoms with van der Waals surface area (Å²) in [6.07, 6.45) is 2.57. The molecule has 0 fully saturated rings. The largest absolute Gasteiger partial charge is 0.489 e. The van der Waals surface area contributed by atoms with Crippen molar-refractivity contribution in [3.63, 3.8) is 0 Å². The van der Waals surface area contributed by atoms with Crippen molar-refractivity contribution in [3.8, 4) is 17.5 Å². The average Bonchev–Trinajstić information content (AvgIpc) is 3.27. The van der Waals surface area contributed by atoms with Gasteiger partial charge in [0.25, 0.3) is 5.56 Å². The van der Waals surface area contributed by atoms with Crippen molar-refractivity contribution in [2.45, 2.75) is 46.6 Å². The monoisotopic (exact) mass is 607 g/mol. The quantitative estimate of drug-likeness (QED) is 0.172. The molecule has 0 saturated heterocycles. The van der Waals surface area contributed by atoms with Gasteiger partial charge in [0.05, 0.1) is 28.8 Å². The first kappa shape index (κ1) is 28.1. The van der Waals surface area contributed by atoms with Crippen molar-refractivity contribution in [3.05, 3.63) is 122 Å². The van der Waals surface area contributed by atoms with Crippen LogP contribution >= 0.6 is 15.9 Å². The first-order chi connectivity index (χ1) is 19.8. The molecule has 1 atom stereocenters. The summed E-state index contributed by atoms with van der Waals surface area (Å²) in [6, 6.07) is 25.1. The smallest absolute Gasteiger partial charge is 0.282 e. The number of aromatic nitrogens is 3. The molecular formula is C33H30BrN5O2. The fourth-order valence-corrected chi connectivity index (χ4v) is 5.18. The normalized spacial score (nSPS) is 12.1. The summed E-state index contributed by atoms with van der Waals surface area (Å²) in [6.45, 7) is 8.53. The van der Waals surface area contributed by atoms with Gasteiger partial charge < -0.3 is 9.30 Å². The molecule has 0 aliphatic heterocycles. The number of nitrogens with zero attached hydrogens (tertiary/aromatic N) is 5. The van der Waals surface area contributed by atoms with Crippen LogP contribution < -0.4 is 10.3 Å². The Morgan fingerprint density at radius 1 is 1.10 bits per heavy atom. The highest BCUT2D eigenvalue weighted by atomic mass is 79.9. The maximum Gasteiger partial charge on any atom is 0.282 e. The first-order valence-corrected chi connectivity index (χ1v) is 14.3. The predicted octanol–water partition coefficient (Wildman–Crippen LogP) is 7.41. The lowest BCUT2D eigenvalue weighted by molar-refractivity contribution is 0.306. The lowest BCUT2D eigenvalue weighted by Gasteiger charge is -2.14. The van der Waals surface area contributed by atoms with Gasteiger partial charge in [-0.25, -0.2) is 4.98 Å². The molecule has 0 spiro atoms. The topological polar surface area (TPSA) is 85.2 Å². The Bertz CT molecular complexity index is 1860. The predicted molar refractivity (Wildman–Crippen MR) is 166 cm³/mol. The van der Waals surface area contributed by atoms with E-state index in [0.717, 1.165) is 44.8 Å². The molecule has 0 N–H and O–H groups in total. The van der Waals surface area contributed by atoms with Crippen molar-refractivity contribution in [1.82, 2.24) is 14.2 Å². The minimum Gasteiger partial charge on any atom is -0.489 e. The van der Waals surface area contributed by atoms with E-state index in [4.69, 9.17) is 9.72 Å². The van der Waals surface area contributed by atoms with E-state index in [2.05, 4.69) is 51.6 Å². The lowest BCUT2D eigenvalue weighted by Crippen LogP contribution is -2.23. The molecule has 5 aromatic rings. The SMILES string of the molecule is CC[C@H](C)c1nc2ccc(Br)cc2c(=O)n1N=Cc1cc(C)n(-c2ccc(OCc3ccccc3C#N)cc2)c1C. The molecule has 0 aliphatic carbocycles. The van der Waals surface area contributed by atoms with Crippen LogP contribution in [-0.2, 0) is 6.61 Å². The molecule has 8 heteroatoms. The van der Waals surface area contributed by atoms with E-state index in [1.54, 1.807) is 18.3 Å². The van der Waals surface area contributed by atoms with E-state index in [0.29, 0.717) is 28.9 Å². The molecule has 5 rings (SSSR count). The molecule has 206 valence electrons. The maximum absolute atomic E-state index is 13.5. The number of benzene rings is 3. The van der Waals surface area contributed by atoms with Crippen LogP contribution in [0.15, 0.2) is 87.2 Å². The fourth-order valence-electron chi connectivity index (χ4n) is 4.82. The van der Waals surface area contributed by atoms with E-state index in [1.165, 1.54) is 4.68 Å². The highest BCUT2D eigenvalue weighted by molar-refractivity contribution is 9.10. The minimum absolute atomic E-state index is 0.0643. The summed E-state index contributed by atoms with van der Waals surface area (Å²) in [5.41, 5.74) is 5.87. The zero-order valence-corrected chi connectivity index (χ0v) is 25.0. The molecule has 2 aromatic heterocycles. The summed E-state index contributed by atoms with van der Waals surface area (Å²) in [7, 11) is 0.